The van der Waals surface area contributed by atoms with Gasteiger partial charge in [-0.2, -0.15) is 0 Å². The number of hydrogen-bond acceptors (Lipinski definition) is 4. The van der Waals surface area contributed by atoms with Gasteiger partial charge < -0.3 is 19.8 Å². The Morgan fingerprint density at radius 1 is 1.13 bits per heavy atom. The molecule has 1 atom stereocenters. The summed E-state index contributed by atoms with van der Waals surface area (Å²) in [5.74, 6) is -4.42. The molecule has 0 aliphatic rings. The molecule has 15 heavy (non-hydrogen) atoms. The minimum atomic E-state index is -1.54. The molecule has 0 aromatic rings. The third-order valence-electron chi connectivity index (χ3n) is 2.41. The fraction of sp³-hybridized carbons (Fsp3) is 0.800. The second-order valence-electron chi connectivity index (χ2n) is 3.49. The summed E-state index contributed by atoms with van der Waals surface area (Å²) in [6, 6.07) is 0. The Morgan fingerprint density at radius 2 is 1.60 bits per heavy atom. The van der Waals surface area contributed by atoms with Gasteiger partial charge in [-0.1, -0.05) is 33.1 Å². The smallest absolute Gasteiger partial charge is 0.549 e. The van der Waals surface area contributed by atoms with Crippen LogP contribution in [0.25, 0.3) is 0 Å². The molecule has 0 heterocycles. The predicted octanol–water partition coefficient (Wildman–Crippen LogP) is -1.06. The molecule has 0 spiro atoms. The van der Waals surface area contributed by atoms with E-state index in [0.717, 1.165) is 19.3 Å². The fourth-order valence-corrected chi connectivity index (χ4v) is 1.52. The van der Waals surface area contributed by atoms with Crippen LogP contribution in [0.15, 0.2) is 0 Å². The summed E-state index contributed by atoms with van der Waals surface area (Å²) in [5, 5.41) is 20.9. The molecule has 1 unspecified atom stereocenters. The molecule has 0 N–H and O–H groups in total. The Hall–Kier alpha value is -0.294. The minimum absolute atomic E-state index is 0. The fourth-order valence-electron chi connectivity index (χ4n) is 1.52. The third kappa shape index (κ3) is 6.73. The maximum Gasteiger partial charge on any atom is 2.00 e. The number of carboxylic acids is 2. The standard InChI is InChI=1S/C10H18O4.Mg/c1-3-5-7(4-2)6-8(9(11)12)10(13)14;/h7-8H,3-6H2,1-2H3,(H,11,12)(H,13,14);/q;+2/p-2. The first kappa shape index (κ1) is 17.1. The van der Waals surface area contributed by atoms with Crippen LogP contribution in [0.5, 0.6) is 0 Å². The van der Waals surface area contributed by atoms with Crippen molar-refractivity contribution in [3.8, 4) is 0 Å². The maximum absolute atomic E-state index is 10.5. The quantitative estimate of drug-likeness (QED) is 0.408. The van der Waals surface area contributed by atoms with Gasteiger partial charge in [-0.15, -0.1) is 0 Å². The van der Waals surface area contributed by atoms with Crippen LogP contribution in [-0.2, 0) is 9.59 Å². The molecule has 0 amide bonds. The SMILES string of the molecule is CCCC(CC)CC(C(=O)[O-])C(=O)[O-].[Mg+2]. The minimum Gasteiger partial charge on any atom is -0.549 e. The van der Waals surface area contributed by atoms with E-state index in [2.05, 4.69) is 0 Å². The molecule has 0 rings (SSSR count). The number of carbonyl (C=O) groups is 2. The molecule has 0 radical (unpaired) electrons. The molecular formula is C10H16MgO4. The van der Waals surface area contributed by atoms with E-state index < -0.39 is 17.9 Å². The van der Waals surface area contributed by atoms with Crippen molar-refractivity contribution in [3.63, 3.8) is 0 Å². The van der Waals surface area contributed by atoms with Gasteiger partial charge in [-0.05, 0) is 12.3 Å². The van der Waals surface area contributed by atoms with E-state index in [1.54, 1.807) is 0 Å². The van der Waals surface area contributed by atoms with E-state index in [1.807, 2.05) is 13.8 Å². The summed E-state index contributed by atoms with van der Waals surface area (Å²) in [6.45, 7) is 3.90. The van der Waals surface area contributed by atoms with Gasteiger partial charge in [0.15, 0.2) is 0 Å². The van der Waals surface area contributed by atoms with Gasteiger partial charge >= 0.3 is 23.1 Å². The van der Waals surface area contributed by atoms with E-state index >= 15 is 0 Å². The summed E-state index contributed by atoms with van der Waals surface area (Å²) in [7, 11) is 0. The van der Waals surface area contributed by atoms with Crippen molar-refractivity contribution in [1.29, 1.82) is 0 Å². The second kappa shape index (κ2) is 8.97. The van der Waals surface area contributed by atoms with Crippen molar-refractivity contribution in [2.45, 2.75) is 39.5 Å². The normalized spacial score (nSPS) is 11.9. The van der Waals surface area contributed by atoms with Crippen LogP contribution in [0.3, 0.4) is 0 Å². The van der Waals surface area contributed by atoms with Gasteiger partial charge in [-0.25, -0.2) is 0 Å². The first-order valence-electron chi connectivity index (χ1n) is 4.94. The maximum atomic E-state index is 10.5. The summed E-state index contributed by atoms with van der Waals surface area (Å²) in [5.41, 5.74) is 0. The molecule has 0 saturated heterocycles. The van der Waals surface area contributed by atoms with E-state index in [9.17, 15) is 19.8 Å². The van der Waals surface area contributed by atoms with Gasteiger partial charge in [0.1, 0.15) is 0 Å². The van der Waals surface area contributed by atoms with Crippen LogP contribution in [0.4, 0.5) is 0 Å². The Balaban J connectivity index is 0. The van der Waals surface area contributed by atoms with Gasteiger partial charge in [0.25, 0.3) is 0 Å². The third-order valence-corrected chi connectivity index (χ3v) is 2.41. The number of carboxylic acid groups (broad SMARTS) is 2. The van der Waals surface area contributed by atoms with Crippen molar-refractivity contribution >= 4 is 35.0 Å². The van der Waals surface area contributed by atoms with Crippen molar-refractivity contribution < 1.29 is 19.8 Å². The van der Waals surface area contributed by atoms with E-state index in [4.69, 9.17) is 0 Å². The molecule has 0 saturated carbocycles. The molecule has 0 aromatic heterocycles. The van der Waals surface area contributed by atoms with Crippen molar-refractivity contribution in [3.05, 3.63) is 0 Å². The molecule has 0 aliphatic heterocycles. The molecule has 0 bridgehead atoms. The molecule has 0 aromatic carbocycles. The first-order chi connectivity index (χ1) is 6.52. The van der Waals surface area contributed by atoms with Crippen molar-refractivity contribution in [2.75, 3.05) is 0 Å². The van der Waals surface area contributed by atoms with Gasteiger partial charge in [0, 0.05) is 5.92 Å². The molecule has 0 fully saturated rings. The Labute approximate surface area is 106 Å². The number of rotatable bonds is 7. The molecule has 4 nitrogen and oxygen atoms in total. The van der Waals surface area contributed by atoms with E-state index in [-0.39, 0.29) is 35.4 Å². The van der Waals surface area contributed by atoms with Gasteiger partial charge in [0.2, 0.25) is 0 Å². The Kier molecular flexibility index (Phi) is 10.2. The predicted molar refractivity (Wildman–Crippen MR) is 52.6 cm³/mol. The summed E-state index contributed by atoms with van der Waals surface area (Å²) >= 11 is 0. The number of hydrogen-bond donors (Lipinski definition) is 0. The van der Waals surface area contributed by atoms with Crippen molar-refractivity contribution in [1.82, 2.24) is 0 Å². The van der Waals surface area contributed by atoms with E-state index in [0.29, 0.717) is 0 Å². The van der Waals surface area contributed by atoms with Crippen LogP contribution in [0, 0.1) is 11.8 Å². The topological polar surface area (TPSA) is 80.3 Å². The van der Waals surface area contributed by atoms with Crippen LogP contribution < -0.4 is 10.2 Å². The molecular weight excluding hydrogens is 208 g/mol. The monoisotopic (exact) mass is 224 g/mol. The Morgan fingerprint density at radius 3 is 1.87 bits per heavy atom. The average Bonchev–Trinajstić information content (AvgIpc) is 2.10. The van der Waals surface area contributed by atoms with E-state index in [1.165, 1.54) is 0 Å². The average molecular weight is 225 g/mol. The van der Waals surface area contributed by atoms with Crippen LogP contribution in [0.1, 0.15) is 39.5 Å². The Bertz CT molecular complexity index is 192. The summed E-state index contributed by atoms with van der Waals surface area (Å²) < 4.78 is 0. The van der Waals surface area contributed by atoms with Crippen molar-refractivity contribution in [2.24, 2.45) is 11.8 Å². The van der Waals surface area contributed by atoms with Gasteiger partial charge in [-0.3, -0.25) is 0 Å². The van der Waals surface area contributed by atoms with Crippen LogP contribution in [0.2, 0.25) is 0 Å². The molecule has 82 valence electrons. The summed E-state index contributed by atoms with van der Waals surface area (Å²) in [4.78, 5) is 20.9. The first-order valence-corrected chi connectivity index (χ1v) is 4.94. The zero-order chi connectivity index (χ0) is 11.1. The number of aliphatic carboxylic acids is 2. The number of carbonyl (C=O) groups excluding carboxylic acids is 2. The zero-order valence-electron chi connectivity index (χ0n) is 9.32. The van der Waals surface area contributed by atoms with Crippen LogP contribution >= 0.6 is 0 Å². The zero-order valence-corrected chi connectivity index (χ0v) is 10.7. The molecule has 0 aliphatic carbocycles. The second-order valence-corrected chi connectivity index (χ2v) is 3.49. The largest absolute Gasteiger partial charge is 2.00 e. The summed E-state index contributed by atoms with van der Waals surface area (Å²) in [6.07, 6.45) is 2.67. The van der Waals surface area contributed by atoms with Crippen LogP contribution in [-0.4, -0.2) is 35.0 Å². The van der Waals surface area contributed by atoms with Gasteiger partial charge in [0.05, 0.1) is 11.9 Å². The molecule has 5 heteroatoms.